The first-order chi connectivity index (χ1) is 7.35. The van der Waals surface area contributed by atoms with Gasteiger partial charge in [-0.2, -0.15) is 0 Å². The molecule has 1 heteroatoms. The van der Waals surface area contributed by atoms with Crippen LogP contribution in [0.4, 0.5) is 0 Å². The van der Waals surface area contributed by atoms with Gasteiger partial charge in [0.1, 0.15) is 0 Å². The second kappa shape index (κ2) is 7.32. The predicted octanol–water partition coefficient (Wildman–Crippen LogP) is 4.47. The maximum absolute atomic E-state index is 3.50. The Morgan fingerprint density at radius 2 is 1.50 bits per heavy atom. The van der Waals surface area contributed by atoms with Crippen LogP contribution in [0.5, 0.6) is 0 Å². The van der Waals surface area contributed by atoms with Gasteiger partial charge in [0.25, 0.3) is 0 Å². The molecular weight excluding hydrogens is 194 g/mol. The Balaban J connectivity index is 4.19. The molecule has 0 rings (SSSR count). The van der Waals surface area contributed by atoms with Crippen LogP contribution in [0.15, 0.2) is 0 Å². The average molecular weight is 227 g/mol. The van der Waals surface area contributed by atoms with E-state index < -0.39 is 0 Å². The summed E-state index contributed by atoms with van der Waals surface area (Å²) in [5, 5.41) is 3.50. The summed E-state index contributed by atoms with van der Waals surface area (Å²) in [5.74, 6) is 1.67. The lowest BCUT2D eigenvalue weighted by molar-refractivity contribution is 0.212. The van der Waals surface area contributed by atoms with Crippen LogP contribution in [0, 0.1) is 17.3 Å². The zero-order chi connectivity index (χ0) is 12.8. The van der Waals surface area contributed by atoms with E-state index in [1.165, 1.54) is 25.7 Å². The van der Waals surface area contributed by atoms with Crippen molar-refractivity contribution in [3.63, 3.8) is 0 Å². The van der Waals surface area contributed by atoms with E-state index in [0.29, 0.717) is 11.5 Å². The van der Waals surface area contributed by atoms with Gasteiger partial charge < -0.3 is 5.32 Å². The Hall–Kier alpha value is -0.0400. The van der Waals surface area contributed by atoms with Crippen molar-refractivity contribution >= 4 is 0 Å². The summed E-state index contributed by atoms with van der Waals surface area (Å²) in [6.07, 6.45) is 5.28. The molecule has 0 aliphatic rings. The Kier molecular flexibility index (Phi) is 7.30. The molecular formula is C15H33N. The molecule has 0 aliphatic carbocycles. The highest BCUT2D eigenvalue weighted by atomic mass is 14.9. The van der Waals surface area contributed by atoms with Gasteiger partial charge in [0.15, 0.2) is 0 Å². The predicted molar refractivity (Wildman–Crippen MR) is 74.8 cm³/mol. The highest BCUT2D eigenvalue weighted by Crippen LogP contribution is 2.30. The summed E-state index contributed by atoms with van der Waals surface area (Å²) in [6, 6.07) is 0.694. The van der Waals surface area contributed by atoms with Gasteiger partial charge in [0, 0.05) is 6.04 Å². The Morgan fingerprint density at radius 1 is 1.00 bits per heavy atom. The second-order valence-corrected chi connectivity index (χ2v) is 6.41. The van der Waals surface area contributed by atoms with Crippen LogP contribution in [0.1, 0.15) is 67.2 Å². The highest BCUT2D eigenvalue weighted by Gasteiger charge is 2.23. The van der Waals surface area contributed by atoms with Crippen molar-refractivity contribution in [2.75, 3.05) is 7.05 Å². The first-order valence-corrected chi connectivity index (χ1v) is 7.02. The fraction of sp³-hybridized carbons (Fsp3) is 1.00. The minimum Gasteiger partial charge on any atom is -0.317 e. The SMILES string of the molecule is CCC(CC)CC(CC(C)C(C)(C)C)NC. The van der Waals surface area contributed by atoms with Gasteiger partial charge in [-0.1, -0.05) is 54.4 Å². The first kappa shape index (κ1) is 16.0. The standard InChI is InChI=1S/C15H33N/c1-8-13(9-2)11-14(16-7)10-12(3)15(4,5)6/h12-14,16H,8-11H2,1-7H3. The van der Waals surface area contributed by atoms with Gasteiger partial charge in [-0.3, -0.25) is 0 Å². The van der Waals surface area contributed by atoms with E-state index in [4.69, 9.17) is 0 Å². The lowest BCUT2D eigenvalue weighted by Crippen LogP contribution is -2.32. The minimum absolute atomic E-state index is 0.434. The highest BCUT2D eigenvalue weighted by molar-refractivity contribution is 4.78. The molecule has 0 aromatic carbocycles. The Labute approximate surface area is 103 Å². The monoisotopic (exact) mass is 227 g/mol. The van der Waals surface area contributed by atoms with Gasteiger partial charge in [0.2, 0.25) is 0 Å². The van der Waals surface area contributed by atoms with Gasteiger partial charge in [-0.05, 0) is 37.1 Å². The normalized spacial score (nSPS) is 16.5. The van der Waals surface area contributed by atoms with E-state index in [1.54, 1.807) is 0 Å². The average Bonchev–Trinajstić information content (AvgIpc) is 2.22. The molecule has 0 aliphatic heterocycles. The summed E-state index contributed by atoms with van der Waals surface area (Å²) < 4.78 is 0. The van der Waals surface area contributed by atoms with Crippen LogP contribution in [0.3, 0.4) is 0 Å². The van der Waals surface area contributed by atoms with Crippen molar-refractivity contribution in [1.29, 1.82) is 0 Å². The van der Waals surface area contributed by atoms with Gasteiger partial charge >= 0.3 is 0 Å². The van der Waals surface area contributed by atoms with E-state index >= 15 is 0 Å². The van der Waals surface area contributed by atoms with Crippen LogP contribution in [0.25, 0.3) is 0 Å². The molecule has 0 aromatic rings. The molecule has 0 fully saturated rings. The fourth-order valence-corrected chi connectivity index (χ4v) is 2.14. The first-order valence-electron chi connectivity index (χ1n) is 7.02. The van der Waals surface area contributed by atoms with E-state index in [9.17, 15) is 0 Å². The number of hydrogen-bond acceptors (Lipinski definition) is 1. The van der Waals surface area contributed by atoms with Crippen molar-refractivity contribution in [2.24, 2.45) is 17.3 Å². The maximum Gasteiger partial charge on any atom is 0.00694 e. The summed E-state index contributed by atoms with van der Waals surface area (Å²) in [7, 11) is 2.11. The molecule has 1 N–H and O–H groups in total. The molecule has 0 spiro atoms. The number of rotatable bonds is 7. The molecule has 0 bridgehead atoms. The van der Waals surface area contributed by atoms with Crippen LogP contribution in [-0.4, -0.2) is 13.1 Å². The molecule has 0 radical (unpaired) electrons. The minimum atomic E-state index is 0.434. The van der Waals surface area contributed by atoms with E-state index in [-0.39, 0.29) is 0 Å². The quantitative estimate of drug-likeness (QED) is 0.676. The summed E-state index contributed by atoms with van der Waals surface area (Å²) >= 11 is 0. The van der Waals surface area contributed by atoms with Crippen molar-refractivity contribution in [3.05, 3.63) is 0 Å². The number of nitrogens with one attached hydrogen (secondary N) is 1. The third-order valence-corrected chi connectivity index (χ3v) is 4.30. The van der Waals surface area contributed by atoms with Crippen LogP contribution >= 0.6 is 0 Å². The fourth-order valence-electron chi connectivity index (χ4n) is 2.14. The molecule has 98 valence electrons. The summed E-state index contributed by atoms with van der Waals surface area (Å²) in [6.45, 7) is 14.1. The molecule has 16 heavy (non-hydrogen) atoms. The third kappa shape index (κ3) is 5.89. The van der Waals surface area contributed by atoms with Crippen molar-refractivity contribution in [3.8, 4) is 0 Å². The molecule has 0 saturated carbocycles. The smallest absolute Gasteiger partial charge is 0.00694 e. The second-order valence-electron chi connectivity index (χ2n) is 6.41. The van der Waals surface area contributed by atoms with Crippen LogP contribution in [0.2, 0.25) is 0 Å². The van der Waals surface area contributed by atoms with Crippen molar-refractivity contribution in [1.82, 2.24) is 5.32 Å². The Morgan fingerprint density at radius 3 is 1.81 bits per heavy atom. The summed E-state index contributed by atoms with van der Waals surface area (Å²) in [4.78, 5) is 0. The zero-order valence-corrected chi connectivity index (χ0v) is 12.6. The van der Waals surface area contributed by atoms with Gasteiger partial charge in [0.05, 0.1) is 0 Å². The maximum atomic E-state index is 3.50. The molecule has 1 nitrogen and oxygen atoms in total. The van der Waals surface area contributed by atoms with Crippen LogP contribution in [-0.2, 0) is 0 Å². The van der Waals surface area contributed by atoms with Gasteiger partial charge in [-0.25, -0.2) is 0 Å². The van der Waals surface area contributed by atoms with Gasteiger partial charge in [-0.15, -0.1) is 0 Å². The van der Waals surface area contributed by atoms with Crippen molar-refractivity contribution < 1.29 is 0 Å². The molecule has 0 heterocycles. The lowest BCUT2D eigenvalue weighted by Gasteiger charge is -2.32. The summed E-state index contributed by atoms with van der Waals surface area (Å²) in [5.41, 5.74) is 0.434. The topological polar surface area (TPSA) is 12.0 Å². The van der Waals surface area contributed by atoms with E-state index in [1.807, 2.05) is 0 Å². The number of hydrogen-bond donors (Lipinski definition) is 1. The molecule has 0 amide bonds. The van der Waals surface area contributed by atoms with Crippen LogP contribution < -0.4 is 5.32 Å². The largest absolute Gasteiger partial charge is 0.317 e. The molecule has 0 saturated heterocycles. The molecule has 2 unspecified atom stereocenters. The van der Waals surface area contributed by atoms with Crippen molar-refractivity contribution in [2.45, 2.75) is 73.3 Å². The molecule has 0 aromatic heterocycles. The van der Waals surface area contributed by atoms with E-state index in [2.05, 4.69) is 53.9 Å². The molecule has 2 atom stereocenters. The van der Waals surface area contributed by atoms with E-state index in [0.717, 1.165) is 11.8 Å². The zero-order valence-electron chi connectivity index (χ0n) is 12.6. The lowest BCUT2D eigenvalue weighted by atomic mass is 9.77. The third-order valence-electron chi connectivity index (χ3n) is 4.30. The Bertz CT molecular complexity index is 165.